The van der Waals surface area contributed by atoms with Crippen LogP contribution in [0.1, 0.15) is 45.9 Å². The Labute approximate surface area is 208 Å². The molecule has 0 radical (unpaired) electrons. The Kier molecular flexibility index (Phi) is 6.37. The van der Waals surface area contributed by atoms with Crippen molar-refractivity contribution in [1.29, 1.82) is 0 Å². The molecule has 3 aromatic heterocycles. The van der Waals surface area contributed by atoms with Crippen molar-refractivity contribution < 1.29 is 14.0 Å². The number of imidazole rings is 1. The van der Waals surface area contributed by atoms with Crippen molar-refractivity contribution in [3.05, 3.63) is 63.2 Å². The van der Waals surface area contributed by atoms with Gasteiger partial charge in [0.25, 0.3) is 11.8 Å². The zero-order valence-electron chi connectivity index (χ0n) is 18.3. The predicted octanol–water partition coefficient (Wildman–Crippen LogP) is 5.04. The number of nitrogens with zero attached hydrogens (tertiary/aromatic N) is 4. The Morgan fingerprint density at radius 2 is 2.03 bits per heavy atom. The first-order chi connectivity index (χ1) is 16.4. The standard InChI is InChI=1S/C23H21ClFN5O2S2/c1-13-18(30-10-11-33-23(30)27-13)20(31)26-12-16-4-2-3-9-29(16)21(32)17-19(34-22(24)28-17)14-5-7-15(25)8-6-14/h5-8,10-11,16H,2-4,9,12H2,1H3,(H,26,31)/t16-/m0/s1. The summed E-state index contributed by atoms with van der Waals surface area (Å²) in [6, 6.07) is 5.75. The predicted molar refractivity (Wildman–Crippen MR) is 131 cm³/mol. The summed E-state index contributed by atoms with van der Waals surface area (Å²) >= 11 is 8.84. The van der Waals surface area contributed by atoms with Gasteiger partial charge in [-0.2, -0.15) is 0 Å². The molecular formula is C23H21ClFN5O2S2. The number of benzene rings is 1. The van der Waals surface area contributed by atoms with Crippen molar-refractivity contribution >= 4 is 51.0 Å². The van der Waals surface area contributed by atoms with E-state index in [0.717, 1.165) is 24.2 Å². The van der Waals surface area contributed by atoms with E-state index < -0.39 is 0 Å². The van der Waals surface area contributed by atoms with Crippen molar-refractivity contribution in [3.63, 3.8) is 0 Å². The molecule has 4 heterocycles. The third kappa shape index (κ3) is 4.33. The highest BCUT2D eigenvalue weighted by Gasteiger charge is 2.32. The number of hydrogen-bond donors (Lipinski definition) is 1. The molecule has 4 aromatic rings. The maximum Gasteiger partial charge on any atom is 0.274 e. The van der Waals surface area contributed by atoms with Crippen molar-refractivity contribution in [2.24, 2.45) is 0 Å². The third-order valence-corrected chi connectivity index (χ3v) is 7.91. The van der Waals surface area contributed by atoms with Gasteiger partial charge in [-0.3, -0.25) is 14.0 Å². The molecule has 1 aliphatic heterocycles. The summed E-state index contributed by atoms with van der Waals surface area (Å²) in [5.74, 6) is -0.806. The van der Waals surface area contributed by atoms with E-state index in [2.05, 4.69) is 15.3 Å². The average molecular weight is 518 g/mol. The van der Waals surface area contributed by atoms with Gasteiger partial charge in [-0.15, -0.1) is 22.7 Å². The molecule has 5 rings (SSSR count). The second-order valence-electron chi connectivity index (χ2n) is 8.11. The molecule has 2 amide bonds. The van der Waals surface area contributed by atoms with Crippen LogP contribution in [0.2, 0.25) is 4.47 Å². The Balaban J connectivity index is 1.36. The van der Waals surface area contributed by atoms with Crippen LogP contribution in [-0.4, -0.2) is 50.2 Å². The number of hydrogen-bond acceptors (Lipinski definition) is 6. The summed E-state index contributed by atoms with van der Waals surface area (Å²) in [5.41, 5.74) is 2.12. The lowest BCUT2D eigenvalue weighted by Gasteiger charge is -2.35. The molecule has 1 atom stereocenters. The lowest BCUT2D eigenvalue weighted by Crippen LogP contribution is -2.49. The fourth-order valence-electron chi connectivity index (χ4n) is 4.31. The number of carbonyl (C=O) groups is 2. The second kappa shape index (κ2) is 9.44. The van der Waals surface area contributed by atoms with E-state index >= 15 is 0 Å². The number of piperidine rings is 1. The number of likely N-dealkylation sites (tertiary alicyclic amines) is 1. The van der Waals surface area contributed by atoms with Gasteiger partial charge in [0, 0.05) is 30.7 Å². The number of fused-ring (bicyclic) bond motifs is 1. The van der Waals surface area contributed by atoms with Crippen molar-refractivity contribution in [1.82, 2.24) is 24.6 Å². The minimum Gasteiger partial charge on any atom is -0.349 e. The van der Waals surface area contributed by atoms with Crippen LogP contribution in [0.25, 0.3) is 15.4 Å². The van der Waals surface area contributed by atoms with E-state index in [-0.39, 0.29) is 33.8 Å². The molecule has 7 nitrogen and oxygen atoms in total. The average Bonchev–Trinajstić information content (AvgIpc) is 3.52. The molecule has 1 N–H and O–H groups in total. The number of aromatic nitrogens is 3. The molecule has 1 fully saturated rings. The summed E-state index contributed by atoms with van der Waals surface area (Å²) in [4.78, 5) is 38.4. The molecule has 0 unspecified atom stereocenters. The number of halogens is 2. The first kappa shape index (κ1) is 22.9. The second-order valence-corrected chi connectivity index (χ2v) is 10.6. The number of carbonyl (C=O) groups excluding carboxylic acids is 2. The smallest absolute Gasteiger partial charge is 0.274 e. The molecule has 0 spiro atoms. The van der Waals surface area contributed by atoms with E-state index in [4.69, 9.17) is 11.6 Å². The van der Waals surface area contributed by atoms with Gasteiger partial charge in [0.2, 0.25) is 0 Å². The fourth-order valence-corrected chi connectivity index (χ4v) is 6.18. The van der Waals surface area contributed by atoms with Crippen LogP contribution in [0.3, 0.4) is 0 Å². The summed E-state index contributed by atoms with van der Waals surface area (Å²) in [6.45, 7) is 2.71. The highest BCUT2D eigenvalue weighted by molar-refractivity contribution is 7.19. The van der Waals surface area contributed by atoms with Gasteiger partial charge in [-0.05, 0) is 43.9 Å². The molecule has 1 aromatic carbocycles. The molecule has 0 aliphatic carbocycles. The SMILES string of the molecule is Cc1nc2sccn2c1C(=O)NC[C@@H]1CCCCN1C(=O)c1nc(Cl)sc1-c1ccc(F)cc1. The van der Waals surface area contributed by atoms with Gasteiger partial charge < -0.3 is 10.2 Å². The summed E-state index contributed by atoms with van der Waals surface area (Å²) in [5, 5.41) is 4.88. The number of nitrogens with one attached hydrogen (secondary N) is 1. The monoisotopic (exact) mass is 517 g/mol. The maximum absolute atomic E-state index is 13.6. The topological polar surface area (TPSA) is 79.6 Å². The highest BCUT2D eigenvalue weighted by Crippen LogP contribution is 2.34. The molecule has 0 saturated carbocycles. The van der Waals surface area contributed by atoms with Crippen molar-refractivity contribution in [3.8, 4) is 10.4 Å². The Hall–Kier alpha value is -2.82. The lowest BCUT2D eigenvalue weighted by molar-refractivity contribution is 0.0598. The Bertz CT molecular complexity index is 1360. The summed E-state index contributed by atoms with van der Waals surface area (Å²) < 4.78 is 15.4. The highest BCUT2D eigenvalue weighted by atomic mass is 35.5. The number of aryl methyl sites for hydroxylation is 1. The first-order valence-corrected chi connectivity index (χ1v) is 12.9. The van der Waals surface area contributed by atoms with Crippen LogP contribution < -0.4 is 5.32 Å². The minimum absolute atomic E-state index is 0.169. The summed E-state index contributed by atoms with van der Waals surface area (Å²) in [6.07, 6.45) is 4.44. The van der Waals surface area contributed by atoms with E-state index in [0.29, 0.717) is 34.9 Å². The van der Waals surface area contributed by atoms with Crippen LogP contribution in [0, 0.1) is 12.7 Å². The number of amides is 2. The van der Waals surface area contributed by atoms with Crippen molar-refractivity contribution in [2.45, 2.75) is 32.2 Å². The van der Waals surface area contributed by atoms with Crippen LogP contribution >= 0.6 is 34.3 Å². The number of rotatable bonds is 5. The number of thiazole rings is 2. The molecule has 176 valence electrons. The van der Waals surface area contributed by atoms with Gasteiger partial charge in [0.05, 0.1) is 10.6 Å². The van der Waals surface area contributed by atoms with E-state index in [9.17, 15) is 14.0 Å². The fraction of sp³-hybridized carbons (Fsp3) is 0.304. The van der Waals surface area contributed by atoms with Gasteiger partial charge in [0.1, 0.15) is 17.2 Å². The molecular weight excluding hydrogens is 497 g/mol. The Morgan fingerprint density at radius 3 is 2.82 bits per heavy atom. The van der Waals surface area contributed by atoms with E-state index in [1.54, 1.807) is 21.4 Å². The van der Waals surface area contributed by atoms with Crippen LogP contribution in [0.4, 0.5) is 4.39 Å². The van der Waals surface area contributed by atoms with Crippen LogP contribution in [0.5, 0.6) is 0 Å². The van der Waals surface area contributed by atoms with Crippen LogP contribution in [-0.2, 0) is 0 Å². The first-order valence-electron chi connectivity index (χ1n) is 10.9. The van der Waals surface area contributed by atoms with E-state index in [1.807, 2.05) is 18.5 Å². The molecule has 1 saturated heterocycles. The third-order valence-electron chi connectivity index (χ3n) is 5.95. The molecule has 34 heavy (non-hydrogen) atoms. The lowest BCUT2D eigenvalue weighted by atomic mass is 10.0. The van der Waals surface area contributed by atoms with Gasteiger partial charge in [-0.1, -0.05) is 23.7 Å². The molecule has 1 aliphatic rings. The zero-order valence-corrected chi connectivity index (χ0v) is 20.6. The maximum atomic E-state index is 13.6. The minimum atomic E-state index is -0.354. The largest absolute Gasteiger partial charge is 0.349 e. The quantitative estimate of drug-likeness (QED) is 0.402. The molecule has 0 bridgehead atoms. The normalized spacial score (nSPS) is 16.2. The summed E-state index contributed by atoms with van der Waals surface area (Å²) in [7, 11) is 0. The van der Waals surface area contributed by atoms with Crippen LogP contribution in [0.15, 0.2) is 35.8 Å². The van der Waals surface area contributed by atoms with Crippen molar-refractivity contribution in [2.75, 3.05) is 13.1 Å². The zero-order chi connectivity index (χ0) is 23.8. The van der Waals surface area contributed by atoms with Gasteiger partial charge in [-0.25, -0.2) is 14.4 Å². The van der Waals surface area contributed by atoms with E-state index in [1.165, 1.54) is 34.8 Å². The van der Waals surface area contributed by atoms with Gasteiger partial charge in [0.15, 0.2) is 9.43 Å². The van der Waals surface area contributed by atoms with Gasteiger partial charge >= 0.3 is 0 Å². The Morgan fingerprint density at radius 1 is 1.24 bits per heavy atom. The molecule has 11 heteroatoms.